The van der Waals surface area contributed by atoms with E-state index >= 15 is 0 Å². The number of nitrogens with one attached hydrogen (secondary N) is 1. The van der Waals surface area contributed by atoms with Crippen LogP contribution in [0.3, 0.4) is 0 Å². The van der Waals surface area contributed by atoms with Crippen LogP contribution in [0.25, 0.3) is 0 Å². The molecule has 2 heterocycles. The first-order valence-corrected chi connectivity index (χ1v) is 7.59. The van der Waals surface area contributed by atoms with Crippen molar-refractivity contribution in [3.63, 3.8) is 0 Å². The summed E-state index contributed by atoms with van der Waals surface area (Å²) in [4.78, 5) is 31.5. The molecule has 6 heteroatoms. The van der Waals surface area contributed by atoms with Gasteiger partial charge < -0.3 is 9.55 Å². The van der Waals surface area contributed by atoms with Gasteiger partial charge in [0, 0.05) is 30.7 Å². The maximum Gasteiger partial charge on any atom is 0.192 e. The minimum atomic E-state index is -0.275. The first kappa shape index (κ1) is 15.6. The summed E-state index contributed by atoms with van der Waals surface area (Å²) in [5.74, 6) is -0.0409. The molecule has 0 aliphatic heterocycles. The Morgan fingerprint density at radius 3 is 2.52 bits per heavy atom. The molecular weight excluding hydrogens is 286 g/mol. The zero-order valence-electron chi connectivity index (χ0n) is 12.9. The number of carbonyl (C=O) groups is 2. The molecular formula is C15H19N3O2S. The lowest BCUT2D eigenvalue weighted by atomic mass is 10.0. The van der Waals surface area contributed by atoms with Crippen molar-refractivity contribution in [1.82, 2.24) is 14.5 Å². The van der Waals surface area contributed by atoms with Crippen LogP contribution in [0.15, 0.2) is 17.6 Å². The summed E-state index contributed by atoms with van der Waals surface area (Å²) in [6.45, 7) is 7.00. The smallest absolute Gasteiger partial charge is 0.192 e. The average molecular weight is 305 g/mol. The molecule has 0 saturated heterocycles. The minimum absolute atomic E-state index is 0.0175. The standard InChI is InChI=1S/C15H19N3O2S/c1-8-12(10(3)19)9(2)17-13(8)14(20)11(4)21-15-16-6-7-18(15)5/h6-7,11,17H,1-5H3/t11-/m1/s1. The Bertz CT molecular complexity index is 700. The second-order valence-corrected chi connectivity index (χ2v) is 6.43. The Hall–Kier alpha value is -1.82. The lowest BCUT2D eigenvalue weighted by Gasteiger charge is -2.09. The molecule has 2 aromatic heterocycles. The van der Waals surface area contributed by atoms with E-state index in [0.29, 0.717) is 11.3 Å². The van der Waals surface area contributed by atoms with Crippen molar-refractivity contribution < 1.29 is 9.59 Å². The fourth-order valence-electron chi connectivity index (χ4n) is 2.40. The van der Waals surface area contributed by atoms with Crippen LogP contribution in [0.4, 0.5) is 0 Å². The van der Waals surface area contributed by atoms with Crippen LogP contribution in [-0.2, 0) is 7.05 Å². The van der Waals surface area contributed by atoms with E-state index in [1.807, 2.05) is 38.6 Å². The van der Waals surface area contributed by atoms with Crippen LogP contribution >= 0.6 is 11.8 Å². The van der Waals surface area contributed by atoms with E-state index in [1.54, 1.807) is 6.20 Å². The van der Waals surface area contributed by atoms with Gasteiger partial charge in [-0.25, -0.2) is 4.98 Å². The Labute approximate surface area is 128 Å². The lowest BCUT2D eigenvalue weighted by molar-refractivity contribution is 0.0988. The highest BCUT2D eigenvalue weighted by Gasteiger charge is 2.24. The normalized spacial score (nSPS) is 12.4. The SMILES string of the molecule is CC(=O)c1c(C)[nH]c(C(=O)[C@@H](C)Sc2nccn2C)c1C. The molecule has 0 spiro atoms. The molecule has 112 valence electrons. The monoisotopic (exact) mass is 305 g/mol. The molecule has 0 amide bonds. The quantitative estimate of drug-likeness (QED) is 0.681. The molecule has 0 fully saturated rings. The lowest BCUT2D eigenvalue weighted by Crippen LogP contribution is -2.16. The Morgan fingerprint density at radius 2 is 2.05 bits per heavy atom. The highest BCUT2D eigenvalue weighted by atomic mass is 32.2. The Kier molecular flexibility index (Phi) is 4.37. The summed E-state index contributed by atoms with van der Waals surface area (Å²) in [7, 11) is 1.89. The number of aryl methyl sites for hydroxylation is 2. The van der Waals surface area contributed by atoms with Gasteiger partial charge in [-0.3, -0.25) is 9.59 Å². The van der Waals surface area contributed by atoms with Crippen LogP contribution in [0.1, 0.15) is 46.0 Å². The molecule has 0 aliphatic rings. The summed E-state index contributed by atoms with van der Waals surface area (Å²) < 4.78 is 1.88. The number of aromatic amines is 1. The molecule has 2 rings (SSSR count). The maximum absolute atomic E-state index is 12.6. The molecule has 1 atom stereocenters. The second-order valence-electron chi connectivity index (χ2n) is 5.13. The zero-order valence-corrected chi connectivity index (χ0v) is 13.7. The van der Waals surface area contributed by atoms with Gasteiger partial charge in [-0.2, -0.15) is 0 Å². The van der Waals surface area contributed by atoms with Gasteiger partial charge in [-0.05, 0) is 33.3 Å². The molecule has 0 aromatic carbocycles. The third kappa shape index (κ3) is 2.95. The van der Waals surface area contributed by atoms with E-state index in [-0.39, 0.29) is 16.8 Å². The molecule has 0 radical (unpaired) electrons. The van der Waals surface area contributed by atoms with E-state index in [1.165, 1.54) is 18.7 Å². The molecule has 0 saturated carbocycles. The molecule has 5 nitrogen and oxygen atoms in total. The summed E-state index contributed by atoms with van der Waals surface area (Å²) in [6.07, 6.45) is 3.55. The van der Waals surface area contributed by atoms with Gasteiger partial charge in [0.25, 0.3) is 0 Å². The number of carbonyl (C=O) groups excluding carboxylic acids is 2. The molecule has 0 bridgehead atoms. The van der Waals surface area contributed by atoms with Crippen molar-refractivity contribution in [3.05, 3.63) is 34.9 Å². The van der Waals surface area contributed by atoms with Gasteiger partial charge >= 0.3 is 0 Å². The van der Waals surface area contributed by atoms with E-state index < -0.39 is 0 Å². The third-order valence-corrected chi connectivity index (χ3v) is 4.64. The topological polar surface area (TPSA) is 67.8 Å². The second kappa shape index (κ2) is 5.89. The number of ketones is 2. The van der Waals surface area contributed by atoms with Crippen LogP contribution in [0.2, 0.25) is 0 Å². The first-order chi connectivity index (χ1) is 9.82. The predicted molar refractivity (Wildman–Crippen MR) is 83.1 cm³/mol. The fourth-order valence-corrected chi connectivity index (χ4v) is 3.29. The van der Waals surface area contributed by atoms with Crippen LogP contribution < -0.4 is 0 Å². The zero-order chi connectivity index (χ0) is 15.7. The predicted octanol–water partition coefficient (Wildman–Crippen LogP) is 2.93. The third-order valence-electron chi connectivity index (χ3n) is 3.46. The van der Waals surface area contributed by atoms with Crippen LogP contribution in [0.5, 0.6) is 0 Å². The van der Waals surface area contributed by atoms with Gasteiger partial charge in [-0.1, -0.05) is 11.8 Å². The van der Waals surface area contributed by atoms with Gasteiger partial charge in [0.2, 0.25) is 0 Å². The van der Waals surface area contributed by atoms with Gasteiger partial charge in [-0.15, -0.1) is 0 Å². The number of hydrogen-bond acceptors (Lipinski definition) is 4. The first-order valence-electron chi connectivity index (χ1n) is 6.71. The van der Waals surface area contributed by atoms with Crippen molar-refractivity contribution in [1.29, 1.82) is 0 Å². The minimum Gasteiger partial charge on any atom is -0.355 e. The van der Waals surface area contributed by atoms with E-state index in [2.05, 4.69) is 9.97 Å². The number of aromatic nitrogens is 3. The van der Waals surface area contributed by atoms with Crippen molar-refractivity contribution in [3.8, 4) is 0 Å². The van der Waals surface area contributed by atoms with Gasteiger partial charge in [0.15, 0.2) is 16.7 Å². The Morgan fingerprint density at radius 1 is 1.38 bits per heavy atom. The molecule has 2 aromatic rings. The molecule has 0 aliphatic carbocycles. The Balaban J connectivity index is 2.26. The summed E-state index contributed by atoms with van der Waals surface area (Å²) in [5, 5.41) is 0.520. The molecule has 0 unspecified atom stereocenters. The number of H-pyrrole nitrogens is 1. The van der Waals surface area contributed by atoms with E-state index in [9.17, 15) is 9.59 Å². The average Bonchev–Trinajstić information content (AvgIpc) is 2.92. The number of nitrogens with zero attached hydrogens (tertiary/aromatic N) is 2. The summed E-state index contributed by atoms with van der Waals surface area (Å²) in [6, 6.07) is 0. The highest BCUT2D eigenvalue weighted by Crippen LogP contribution is 2.26. The van der Waals surface area contributed by atoms with Crippen LogP contribution in [0, 0.1) is 13.8 Å². The van der Waals surface area contributed by atoms with Crippen LogP contribution in [-0.4, -0.2) is 31.4 Å². The largest absolute Gasteiger partial charge is 0.355 e. The highest BCUT2D eigenvalue weighted by molar-refractivity contribution is 8.00. The van der Waals surface area contributed by atoms with Crippen molar-refractivity contribution in [2.24, 2.45) is 7.05 Å². The number of Topliss-reactive ketones (excluding diaryl/α,β-unsaturated/α-hetero) is 2. The number of imidazole rings is 1. The summed E-state index contributed by atoms with van der Waals surface area (Å²) in [5.41, 5.74) is 2.62. The fraction of sp³-hybridized carbons (Fsp3) is 0.400. The number of hydrogen-bond donors (Lipinski definition) is 1. The van der Waals surface area contributed by atoms with Crippen molar-refractivity contribution >= 4 is 23.3 Å². The molecule has 21 heavy (non-hydrogen) atoms. The number of rotatable bonds is 5. The van der Waals surface area contributed by atoms with E-state index in [0.717, 1.165) is 16.4 Å². The van der Waals surface area contributed by atoms with Crippen molar-refractivity contribution in [2.45, 2.75) is 38.1 Å². The van der Waals surface area contributed by atoms with Crippen molar-refractivity contribution in [2.75, 3.05) is 0 Å². The maximum atomic E-state index is 12.6. The summed E-state index contributed by atoms with van der Waals surface area (Å²) >= 11 is 1.41. The van der Waals surface area contributed by atoms with Gasteiger partial charge in [0.05, 0.1) is 10.9 Å². The van der Waals surface area contributed by atoms with Gasteiger partial charge in [0.1, 0.15) is 0 Å². The van der Waals surface area contributed by atoms with E-state index in [4.69, 9.17) is 0 Å². The molecule has 1 N–H and O–H groups in total. The number of thioether (sulfide) groups is 1.